The average Bonchev–Trinajstić information content (AvgIpc) is 2.81. The van der Waals surface area contributed by atoms with E-state index in [9.17, 15) is 0 Å². The number of hydrogen-bond acceptors (Lipinski definition) is 3. The topological polar surface area (TPSA) is 21.7 Å². The Morgan fingerprint density at radius 1 is 1.24 bits per heavy atom. The molecule has 2 aliphatic heterocycles. The smallest absolute Gasteiger partial charge is 0.0935 e. The highest BCUT2D eigenvalue weighted by atomic mass is 16.5. The monoisotopic (exact) mass is 239 g/mol. The quantitative estimate of drug-likeness (QED) is 0.733. The molecule has 1 saturated carbocycles. The molecule has 0 bridgehead atoms. The van der Waals surface area contributed by atoms with Crippen LogP contribution in [-0.2, 0) is 9.47 Å². The van der Waals surface area contributed by atoms with Gasteiger partial charge < -0.3 is 9.47 Å². The third kappa shape index (κ3) is 2.51. The van der Waals surface area contributed by atoms with Crippen molar-refractivity contribution in [2.45, 2.75) is 51.2 Å². The fourth-order valence-corrected chi connectivity index (χ4v) is 3.23. The lowest BCUT2D eigenvalue weighted by molar-refractivity contribution is -0.120. The van der Waals surface area contributed by atoms with Crippen LogP contribution >= 0.6 is 0 Å². The van der Waals surface area contributed by atoms with Gasteiger partial charge in [0.15, 0.2) is 0 Å². The van der Waals surface area contributed by atoms with Crippen LogP contribution in [0.15, 0.2) is 0 Å². The summed E-state index contributed by atoms with van der Waals surface area (Å²) in [6.45, 7) is 9.74. The number of likely N-dealkylation sites (tertiary alicyclic amines) is 1. The molecule has 0 unspecified atom stereocenters. The van der Waals surface area contributed by atoms with Gasteiger partial charge in [-0.05, 0) is 39.5 Å². The molecule has 0 N–H and O–H groups in total. The Bertz CT molecular complexity index is 272. The second-order valence-electron chi connectivity index (χ2n) is 6.64. The van der Waals surface area contributed by atoms with Gasteiger partial charge in [-0.25, -0.2) is 0 Å². The van der Waals surface area contributed by atoms with Gasteiger partial charge in [0.1, 0.15) is 0 Å². The lowest BCUT2D eigenvalue weighted by atomic mass is 9.89. The molecule has 1 spiro atoms. The molecule has 0 amide bonds. The van der Waals surface area contributed by atoms with Crippen molar-refractivity contribution in [2.24, 2.45) is 5.41 Å². The van der Waals surface area contributed by atoms with E-state index in [2.05, 4.69) is 18.7 Å². The maximum Gasteiger partial charge on any atom is 0.0935 e. The molecule has 3 fully saturated rings. The van der Waals surface area contributed by atoms with Crippen molar-refractivity contribution in [3.8, 4) is 0 Å². The molecular weight excluding hydrogens is 214 g/mol. The molecule has 0 radical (unpaired) electrons. The zero-order chi connectivity index (χ0) is 11.9. The Balaban J connectivity index is 1.43. The summed E-state index contributed by atoms with van der Waals surface area (Å²) in [5, 5.41) is 0. The van der Waals surface area contributed by atoms with Crippen molar-refractivity contribution in [1.29, 1.82) is 0 Å². The first-order chi connectivity index (χ1) is 8.12. The van der Waals surface area contributed by atoms with Crippen LogP contribution in [0.25, 0.3) is 0 Å². The largest absolute Gasteiger partial charge is 0.378 e. The molecule has 2 heterocycles. The van der Waals surface area contributed by atoms with E-state index in [1.807, 2.05) is 0 Å². The summed E-state index contributed by atoms with van der Waals surface area (Å²) in [7, 11) is 0. The fourth-order valence-electron chi connectivity index (χ4n) is 3.23. The summed E-state index contributed by atoms with van der Waals surface area (Å²) in [6.07, 6.45) is 5.61. The lowest BCUT2D eigenvalue weighted by Gasteiger charge is -2.48. The van der Waals surface area contributed by atoms with E-state index < -0.39 is 0 Å². The molecule has 3 rings (SSSR count). The molecule has 0 aromatic carbocycles. The standard InChI is InChI=1S/C14H25NO2/c1-12(2)16-11-13(5-6-13)8-15-9-14(10-15)4-3-7-17-14/h12H,3-11H2,1-2H3. The molecule has 1 aliphatic carbocycles. The van der Waals surface area contributed by atoms with Crippen LogP contribution in [0.5, 0.6) is 0 Å². The summed E-state index contributed by atoms with van der Waals surface area (Å²) in [4.78, 5) is 2.57. The SMILES string of the molecule is CC(C)OCC1(CN2CC3(CCCO3)C2)CC1. The van der Waals surface area contributed by atoms with Crippen LogP contribution in [0, 0.1) is 5.41 Å². The van der Waals surface area contributed by atoms with Crippen molar-refractivity contribution < 1.29 is 9.47 Å². The minimum Gasteiger partial charge on any atom is -0.378 e. The minimum absolute atomic E-state index is 0.259. The van der Waals surface area contributed by atoms with Gasteiger partial charge in [-0.3, -0.25) is 4.90 Å². The molecule has 3 heteroatoms. The van der Waals surface area contributed by atoms with Gasteiger partial charge >= 0.3 is 0 Å². The van der Waals surface area contributed by atoms with Gasteiger partial charge in [0, 0.05) is 31.7 Å². The van der Waals surface area contributed by atoms with Crippen LogP contribution in [0.2, 0.25) is 0 Å². The molecule has 2 saturated heterocycles. The molecule has 98 valence electrons. The molecule has 0 atom stereocenters. The van der Waals surface area contributed by atoms with Crippen molar-refractivity contribution in [3.05, 3.63) is 0 Å². The van der Waals surface area contributed by atoms with Gasteiger partial charge in [-0.1, -0.05) is 0 Å². The van der Waals surface area contributed by atoms with Crippen molar-refractivity contribution in [3.63, 3.8) is 0 Å². The van der Waals surface area contributed by atoms with Gasteiger partial charge in [-0.2, -0.15) is 0 Å². The van der Waals surface area contributed by atoms with Gasteiger partial charge in [0.05, 0.1) is 18.3 Å². The van der Waals surface area contributed by atoms with Crippen LogP contribution in [0.3, 0.4) is 0 Å². The van der Waals surface area contributed by atoms with E-state index in [4.69, 9.17) is 9.47 Å². The van der Waals surface area contributed by atoms with Crippen LogP contribution in [0.1, 0.15) is 39.5 Å². The van der Waals surface area contributed by atoms with Crippen molar-refractivity contribution in [1.82, 2.24) is 4.90 Å². The molecule has 17 heavy (non-hydrogen) atoms. The summed E-state index contributed by atoms with van der Waals surface area (Å²) < 4.78 is 11.7. The number of hydrogen-bond donors (Lipinski definition) is 0. The molecular formula is C14H25NO2. The Hall–Kier alpha value is -0.120. The summed E-state index contributed by atoms with van der Waals surface area (Å²) >= 11 is 0. The number of ether oxygens (including phenoxy) is 2. The van der Waals surface area contributed by atoms with E-state index in [1.165, 1.54) is 32.2 Å². The predicted molar refractivity (Wildman–Crippen MR) is 67.1 cm³/mol. The Morgan fingerprint density at radius 3 is 2.53 bits per heavy atom. The van der Waals surface area contributed by atoms with E-state index in [-0.39, 0.29) is 5.60 Å². The van der Waals surface area contributed by atoms with E-state index in [0.29, 0.717) is 11.5 Å². The van der Waals surface area contributed by atoms with Gasteiger partial charge in [-0.15, -0.1) is 0 Å². The fraction of sp³-hybridized carbons (Fsp3) is 1.00. The first kappa shape index (κ1) is 11.9. The Kier molecular flexibility index (Phi) is 2.96. The molecule has 0 aromatic rings. The van der Waals surface area contributed by atoms with Crippen LogP contribution in [0.4, 0.5) is 0 Å². The first-order valence-corrected chi connectivity index (χ1v) is 7.10. The lowest BCUT2D eigenvalue weighted by Crippen LogP contribution is -2.62. The van der Waals surface area contributed by atoms with Crippen molar-refractivity contribution >= 4 is 0 Å². The Morgan fingerprint density at radius 2 is 2.00 bits per heavy atom. The van der Waals surface area contributed by atoms with E-state index >= 15 is 0 Å². The zero-order valence-electron chi connectivity index (χ0n) is 11.2. The highest BCUT2D eigenvalue weighted by molar-refractivity contribution is 5.04. The zero-order valence-corrected chi connectivity index (χ0v) is 11.2. The number of nitrogens with zero attached hydrogens (tertiary/aromatic N) is 1. The maximum absolute atomic E-state index is 5.87. The molecule has 3 aliphatic rings. The second-order valence-corrected chi connectivity index (χ2v) is 6.64. The average molecular weight is 239 g/mol. The van der Waals surface area contributed by atoms with Crippen LogP contribution < -0.4 is 0 Å². The first-order valence-electron chi connectivity index (χ1n) is 7.10. The van der Waals surface area contributed by atoms with Gasteiger partial charge in [0.25, 0.3) is 0 Å². The van der Waals surface area contributed by atoms with Crippen LogP contribution in [-0.4, -0.2) is 49.5 Å². The van der Waals surface area contributed by atoms with E-state index in [0.717, 1.165) is 26.3 Å². The molecule has 0 aromatic heterocycles. The third-order valence-corrected chi connectivity index (χ3v) is 4.45. The molecule has 3 nitrogen and oxygen atoms in total. The Labute approximate surface area is 104 Å². The normalized spacial score (nSPS) is 29.8. The predicted octanol–water partition coefficient (Wildman–Crippen LogP) is 2.06. The van der Waals surface area contributed by atoms with Crippen molar-refractivity contribution in [2.75, 3.05) is 32.8 Å². The summed E-state index contributed by atoms with van der Waals surface area (Å²) in [5.41, 5.74) is 0.749. The van der Waals surface area contributed by atoms with Gasteiger partial charge in [0.2, 0.25) is 0 Å². The maximum atomic E-state index is 5.87. The minimum atomic E-state index is 0.259. The summed E-state index contributed by atoms with van der Waals surface area (Å²) in [6, 6.07) is 0. The highest BCUT2D eigenvalue weighted by Gasteiger charge is 2.51. The highest BCUT2D eigenvalue weighted by Crippen LogP contribution is 2.48. The number of rotatable bonds is 5. The second kappa shape index (κ2) is 4.22. The third-order valence-electron chi connectivity index (χ3n) is 4.45. The summed E-state index contributed by atoms with van der Waals surface area (Å²) in [5.74, 6) is 0. The van der Waals surface area contributed by atoms with E-state index in [1.54, 1.807) is 0 Å².